The van der Waals surface area contributed by atoms with Gasteiger partial charge in [-0.1, -0.05) is 73.7 Å². The molecule has 1 aromatic heterocycles. The quantitative estimate of drug-likeness (QED) is 0.505. The molecule has 4 rings (SSSR count). The maximum atomic E-state index is 13.5. The Labute approximate surface area is 175 Å². The van der Waals surface area contributed by atoms with Crippen molar-refractivity contribution in [2.24, 2.45) is 0 Å². The minimum atomic E-state index is -0.177. The summed E-state index contributed by atoms with van der Waals surface area (Å²) in [6.45, 7) is 3.88. The molecule has 0 aliphatic rings. The molecule has 4 heteroatoms. The van der Waals surface area contributed by atoms with Crippen molar-refractivity contribution in [2.75, 3.05) is 0 Å². The van der Waals surface area contributed by atoms with Crippen molar-refractivity contribution in [2.45, 2.75) is 26.3 Å². The van der Waals surface area contributed by atoms with Crippen molar-refractivity contribution < 1.29 is 4.79 Å². The zero-order chi connectivity index (χ0) is 21.1. The summed E-state index contributed by atoms with van der Waals surface area (Å²) in [7, 11) is 0. The van der Waals surface area contributed by atoms with Crippen LogP contribution in [0.3, 0.4) is 0 Å². The van der Waals surface area contributed by atoms with Gasteiger partial charge in [0.1, 0.15) is 0 Å². The first-order valence-corrected chi connectivity index (χ1v) is 10.2. The van der Waals surface area contributed by atoms with Crippen molar-refractivity contribution in [1.82, 2.24) is 9.88 Å². The SMILES string of the molecule is CC[C@H](NC(=O)c1c(C)n(-c2ccccc2)c(=O)c2ccccc12)c1ccccc1. The number of aromatic nitrogens is 1. The van der Waals surface area contributed by atoms with Gasteiger partial charge < -0.3 is 5.32 Å². The van der Waals surface area contributed by atoms with E-state index in [1.165, 1.54) is 0 Å². The smallest absolute Gasteiger partial charge is 0.263 e. The molecule has 1 atom stereocenters. The van der Waals surface area contributed by atoms with Crippen molar-refractivity contribution >= 4 is 16.7 Å². The molecule has 0 fully saturated rings. The molecule has 150 valence electrons. The zero-order valence-corrected chi connectivity index (χ0v) is 17.1. The second-order valence-electron chi connectivity index (χ2n) is 7.33. The molecule has 0 saturated carbocycles. The molecule has 0 unspecified atom stereocenters. The van der Waals surface area contributed by atoms with Crippen LogP contribution in [-0.2, 0) is 0 Å². The largest absolute Gasteiger partial charge is 0.345 e. The number of benzene rings is 3. The normalized spacial score (nSPS) is 11.9. The lowest BCUT2D eigenvalue weighted by Crippen LogP contribution is -2.32. The highest BCUT2D eigenvalue weighted by Crippen LogP contribution is 2.24. The van der Waals surface area contributed by atoms with Crippen LogP contribution in [0.2, 0.25) is 0 Å². The van der Waals surface area contributed by atoms with Crippen molar-refractivity contribution in [3.63, 3.8) is 0 Å². The number of amides is 1. The molecule has 0 bridgehead atoms. The maximum absolute atomic E-state index is 13.5. The van der Waals surface area contributed by atoms with Crippen LogP contribution in [0.1, 0.15) is 41.0 Å². The number of fused-ring (bicyclic) bond motifs is 1. The van der Waals surface area contributed by atoms with E-state index in [0.717, 1.165) is 17.7 Å². The fourth-order valence-corrected chi connectivity index (χ4v) is 3.98. The topological polar surface area (TPSA) is 51.1 Å². The number of hydrogen-bond acceptors (Lipinski definition) is 2. The van der Waals surface area contributed by atoms with E-state index in [9.17, 15) is 9.59 Å². The maximum Gasteiger partial charge on any atom is 0.263 e. The molecule has 0 spiro atoms. The third-order valence-corrected chi connectivity index (χ3v) is 5.48. The van der Waals surface area contributed by atoms with E-state index >= 15 is 0 Å². The van der Waals surface area contributed by atoms with Gasteiger partial charge >= 0.3 is 0 Å². The third kappa shape index (κ3) is 3.52. The summed E-state index contributed by atoms with van der Waals surface area (Å²) in [6.07, 6.45) is 0.769. The lowest BCUT2D eigenvalue weighted by molar-refractivity contribution is 0.0936. The Hall–Kier alpha value is -3.66. The predicted molar refractivity (Wildman–Crippen MR) is 121 cm³/mol. The van der Waals surface area contributed by atoms with E-state index in [2.05, 4.69) is 5.32 Å². The van der Waals surface area contributed by atoms with E-state index in [1.807, 2.05) is 92.7 Å². The second-order valence-corrected chi connectivity index (χ2v) is 7.33. The van der Waals surface area contributed by atoms with Gasteiger partial charge in [-0.05, 0) is 37.1 Å². The summed E-state index contributed by atoms with van der Waals surface area (Å²) >= 11 is 0. The first kappa shape index (κ1) is 19.6. The standard InChI is InChI=1S/C26H24N2O2/c1-3-23(19-12-6-4-7-13-19)27-25(29)24-18(2)28(20-14-8-5-9-15-20)26(30)22-17-11-10-16-21(22)24/h4-17,23H,3H2,1-2H3,(H,27,29)/t23-/m0/s1. The number of para-hydroxylation sites is 1. The van der Waals surface area contributed by atoms with Crippen LogP contribution in [0.4, 0.5) is 0 Å². The van der Waals surface area contributed by atoms with Crippen LogP contribution in [0.25, 0.3) is 16.5 Å². The zero-order valence-electron chi connectivity index (χ0n) is 17.1. The van der Waals surface area contributed by atoms with Crippen LogP contribution >= 0.6 is 0 Å². The summed E-state index contributed by atoms with van der Waals surface area (Å²) < 4.78 is 1.63. The Morgan fingerprint density at radius 2 is 1.43 bits per heavy atom. The van der Waals surface area contributed by atoms with Crippen LogP contribution in [-0.4, -0.2) is 10.5 Å². The third-order valence-electron chi connectivity index (χ3n) is 5.48. The highest BCUT2D eigenvalue weighted by molar-refractivity contribution is 6.08. The fraction of sp³-hybridized carbons (Fsp3) is 0.154. The molecular formula is C26H24N2O2. The number of nitrogens with one attached hydrogen (secondary N) is 1. The Morgan fingerprint density at radius 3 is 2.07 bits per heavy atom. The van der Waals surface area contributed by atoms with Crippen LogP contribution in [0.15, 0.2) is 89.7 Å². The van der Waals surface area contributed by atoms with E-state index in [4.69, 9.17) is 0 Å². The molecule has 4 nitrogen and oxygen atoms in total. The van der Waals surface area contributed by atoms with Gasteiger partial charge in [-0.2, -0.15) is 0 Å². The van der Waals surface area contributed by atoms with E-state index in [0.29, 0.717) is 22.0 Å². The van der Waals surface area contributed by atoms with Gasteiger partial charge in [0.25, 0.3) is 11.5 Å². The summed E-state index contributed by atoms with van der Waals surface area (Å²) in [4.78, 5) is 26.7. The number of carbonyl (C=O) groups excluding carboxylic acids is 1. The number of nitrogens with zero attached hydrogens (tertiary/aromatic N) is 1. The van der Waals surface area contributed by atoms with Crippen molar-refractivity contribution in [3.8, 4) is 5.69 Å². The highest BCUT2D eigenvalue weighted by atomic mass is 16.2. The first-order chi connectivity index (χ1) is 14.6. The minimum absolute atomic E-state index is 0.103. The van der Waals surface area contributed by atoms with Crippen molar-refractivity contribution in [3.05, 3.63) is 112 Å². The summed E-state index contributed by atoms with van der Waals surface area (Å²) in [5.74, 6) is -0.177. The first-order valence-electron chi connectivity index (χ1n) is 10.2. The van der Waals surface area contributed by atoms with Gasteiger partial charge in [0.2, 0.25) is 0 Å². The Balaban J connectivity index is 1.88. The molecule has 1 N–H and O–H groups in total. The number of pyridine rings is 1. The lowest BCUT2D eigenvalue weighted by Gasteiger charge is -2.21. The van der Waals surface area contributed by atoms with Gasteiger partial charge in [0.05, 0.1) is 11.6 Å². The minimum Gasteiger partial charge on any atom is -0.345 e. The lowest BCUT2D eigenvalue weighted by atomic mass is 10.0. The summed E-state index contributed by atoms with van der Waals surface area (Å²) in [5.41, 5.74) is 2.84. The average molecular weight is 396 g/mol. The molecule has 1 heterocycles. The molecular weight excluding hydrogens is 372 g/mol. The van der Waals surface area contributed by atoms with Gasteiger partial charge in [-0.25, -0.2) is 0 Å². The van der Waals surface area contributed by atoms with Gasteiger partial charge in [0, 0.05) is 22.2 Å². The van der Waals surface area contributed by atoms with Gasteiger partial charge in [0.15, 0.2) is 0 Å². The molecule has 1 amide bonds. The Bertz CT molecular complexity index is 1240. The van der Waals surface area contributed by atoms with E-state index in [-0.39, 0.29) is 17.5 Å². The Kier molecular flexibility index (Phi) is 5.48. The van der Waals surface area contributed by atoms with E-state index < -0.39 is 0 Å². The number of carbonyl (C=O) groups is 1. The monoisotopic (exact) mass is 396 g/mol. The van der Waals surface area contributed by atoms with Crippen molar-refractivity contribution in [1.29, 1.82) is 0 Å². The summed E-state index contributed by atoms with van der Waals surface area (Å²) in [6, 6.07) is 26.6. The van der Waals surface area contributed by atoms with Crippen LogP contribution < -0.4 is 10.9 Å². The second kappa shape index (κ2) is 8.37. The molecule has 3 aromatic carbocycles. The fourth-order valence-electron chi connectivity index (χ4n) is 3.98. The van der Waals surface area contributed by atoms with E-state index in [1.54, 1.807) is 10.6 Å². The van der Waals surface area contributed by atoms with Crippen LogP contribution in [0, 0.1) is 6.92 Å². The average Bonchev–Trinajstić information content (AvgIpc) is 2.79. The number of hydrogen-bond donors (Lipinski definition) is 1. The Morgan fingerprint density at radius 1 is 0.867 bits per heavy atom. The number of rotatable bonds is 5. The molecule has 4 aromatic rings. The molecule has 0 radical (unpaired) electrons. The molecule has 0 aliphatic heterocycles. The highest BCUT2D eigenvalue weighted by Gasteiger charge is 2.22. The predicted octanol–water partition coefficient (Wildman–Crippen LogP) is 5.18. The van der Waals surface area contributed by atoms with Gasteiger partial charge in [-0.3, -0.25) is 14.2 Å². The molecule has 0 saturated heterocycles. The van der Waals surface area contributed by atoms with Gasteiger partial charge in [-0.15, -0.1) is 0 Å². The molecule has 0 aliphatic carbocycles. The molecule has 30 heavy (non-hydrogen) atoms. The van der Waals surface area contributed by atoms with Crippen LogP contribution in [0.5, 0.6) is 0 Å². The summed E-state index contributed by atoms with van der Waals surface area (Å²) in [5, 5.41) is 4.38.